The summed E-state index contributed by atoms with van der Waals surface area (Å²) in [7, 11) is 0. The monoisotopic (exact) mass is 398 g/mol. The van der Waals surface area contributed by atoms with Crippen molar-refractivity contribution in [3.8, 4) is 0 Å². The summed E-state index contributed by atoms with van der Waals surface area (Å²) in [6.45, 7) is 4.51. The number of alkyl halides is 3. The summed E-state index contributed by atoms with van der Waals surface area (Å²) >= 11 is 1.61. The SMILES string of the molecule is Cc1nnc(CN2CCC(N(c3cc(C(F)(F)F)ncn3)C3CC3)CC2)s1. The van der Waals surface area contributed by atoms with Crippen LogP contribution in [0.3, 0.4) is 0 Å². The molecule has 1 aliphatic carbocycles. The largest absolute Gasteiger partial charge is 0.433 e. The first kappa shape index (κ1) is 18.5. The Morgan fingerprint density at radius 3 is 2.41 bits per heavy atom. The normalized spacial score (nSPS) is 19.4. The van der Waals surface area contributed by atoms with Gasteiger partial charge in [0.05, 0.1) is 6.54 Å². The lowest BCUT2D eigenvalue weighted by Gasteiger charge is -2.39. The van der Waals surface area contributed by atoms with E-state index in [1.54, 1.807) is 11.3 Å². The Hall–Kier alpha value is -1.81. The van der Waals surface area contributed by atoms with Crippen LogP contribution in [0, 0.1) is 6.92 Å². The first-order chi connectivity index (χ1) is 12.9. The third kappa shape index (κ3) is 4.37. The zero-order valence-electron chi connectivity index (χ0n) is 15.0. The average Bonchev–Trinajstić information content (AvgIpc) is 3.38. The predicted octanol–water partition coefficient (Wildman–Crippen LogP) is 3.29. The molecule has 0 atom stereocenters. The van der Waals surface area contributed by atoms with Gasteiger partial charge in [-0.15, -0.1) is 21.5 Å². The summed E-state index contributed by atoms with van der Waals surface area (Å²) in [6, 6.07) is 1.60. The average molecular weight is 398 g/mol. The van der Waals surface area contributed by atoms with Crippen molar-refractivity contribution in [1.29, 1.82) is 0 Å². The van der Waals surface area contributed by atoms with E-state index in [2.05, 4.69) is 30.0 Å². The molecule has 0 N–H and O–H groups in total. The van der Waals surface area contributed by atoms with Gasteiger partial charge in [0.1, 0.15) is 27.9 Å². The molecule has 10 heteroatoms. The number of aryl methyl sites for hydroxylation is 1. The minimum atomic E-state index is -4.45. The van der Waals surface area contributed by atoms with Gasteiger partial charge in [0, 0.05) is 31.2 Å². The molecule has 1 saturated heterocycles. The third-order valence-electron chi connectivity index (χ3n) is 5.03. The molecular weight excluding hydrogens is 377 g/mol. The van der Waals surface area contributed by atoms with Crippen LogP contribution in [0.15, 0.2) is 12.4 Å². The number of likely N-dealkylation sites (tertiary alicyclic amines) is 1. The molecule has 2 fully saturated rings. The molecule has 0 bridgehead atoms. The summed E-state index contributed by atoms with van der Waals surface area (Å²) < 4.78 is 39.1. The minimum Gasteiger partial charge on any atom is -0.350 e. The lowest BCUT2D eigenvalue weighted by molar-refractivity contribution is -0.141. The molecule has 4 rings (SSSR count). The van der Waals surface area contributed by atoms with Crippen molar-refractivity contribution in [1.82, 2.24) is 25.1 Å². The van der Waals surface area contributed by atoms with Crippen molar-refractivity contribution in [2.24, 2.45) is 0 Å². The smallest absolute Gasteiger partial charge is 0.350 e. The lowest BCUT2D eigenvalue weighted by atomic mass is 10.0. The standard InChI is InChI=1S/C17H21F3N6S/c1-11-23-24-16(27-11)9-25-6-4-13(5-7-25)26(12-2-3-12)15-8-14(17(18,19)20)21-10-22-15/h8,10,12-13H,2-7,9H2,1H3. The van der Waals surface area contributed by atoms with E-state index < -0.39 is 11.9 Å². The quantitative estimate of drug-likeness (QED) is 0.770. The Balaban J connectivity index is 1.44. The molecule has 0 spiro atoms. The first-order valence-corrected chi connectivity index (χ1v) is 9.91. The zero-order chi connectivity index (χ0) is 19.0. The fourth-order valence-corrected chi connectivity index (χ4v) is 4.37. The second kappa shape index (κ2) is 7.31. The Kier molecular flexibility index (Phi) is 5.02. The van der Waals surface area contributed by atoms with Crippen molar-refractivity contribution in [2.75, 3.05) is 18.0 Å². The van der Waals surface area contributed by atoms with E-state index in [0.29, 0.717) is 11.9 Å². The van der Waals surface area contributed by atoms with Gasteiger partial charge in [-0.25, -0.2) is 9.97 Å². The highest BCUT2D eigenvalue weighted by atomic mass is 32.1. The number of hydrogen-bond acceptors (Lipinski definition) is 7. The minimum absolute atomic E-state index is 0.209. The second-order valence-electron chi connectivity index (χ2n) is 7.12. The maximum absolute atomic E-state index is 13.0. The molecule has 0 radical (unpaired) electrons. The maximum Gasteiger partial charge on any atom is 0.433 e. The summed E-state index contributed by atoms with van der Waals surface area (Å²) in [5.74, 6) is 0.401. The number of anilines is 1. The molecule has 6 nitrogen and oxygen atoms in total. The Labute approximate surface area is 159 Å². The van der Waals surface area contributed by atoms with Gasteiger partial charge in [0.2, 0.25) is 0 Å². The van der Waals surface area contributed by atoms with Crippen molar-refractivity contribution in [3.05, 3.63) is 28.1 Å². The number of nitrogens with zero attached hydrogens (tertiary/aromatic N) is 6. The van der Waals surface area contributed by atoms with Crippen LogP contribution in [0.25, 0.3) is 0 Å². The molecule has 0 aromatic carbocycles. The van der Waals surface area contributed by atoms with E-state index in [0.717, 1.165) is 67.7 Å². The summed E-state index contributed by atoms with van der Waals surface area (Å²) in [6.07, 6.45) is 0.404. The number of piperidine rings is 1. The van der Waals surface area contributed by atoms with Crippen LogP contribution >= 0.6 is 11.3 Å². The Bertz CT molecular complexity index is 783. The van der Waals surface area contributed by atoms with E-state index in [9.17, 15) is 13.2 Å². The predicted molar refractivity (Wildman–Crippen MR) is 95.5 cm³/mol. The van der Waals surface area contributed by atoms with Crippen LogP contribution in [0.4, 0.5) is 19.0 Å². The highest BCUT2D eigenvalue weighted by Crippen LogP contribution is 2.37. The van der Waals surface area contributed by atoms with E-state index in [1.807, 2.05) is 6.92 Å². The maximum atomic E-state index is 13.0. The highest BCUT2D eigenvalue weighted by Gasteiger charge is 2.39. The molecule has 146 valence electrons. The fraction of sp³-hybridized carbons (Fsp3) is 0.647. The number of rotatable bonds is 5. The van der Waals surface area contributed by atoms with Gasteiger partial charge in [-0.2, -0.15) is 13.2 Å². The molecule has 0 amide bonds. The summed E-state index contributed by atoms with van der Waals surface area (Å²) in [5, 5.41) is 10.2. The van der Waals surface area contributed by atoms with Crippen LogP contribution in [0.1, 0.15) is 41.4 Å². The molecule has 2 aromatic heterocycles. The van der Waals surface area contributed by atoms with Crippen LogP contribution in [0.5, 0.6) is 0 Å². The van der Waals surface area contributed by atoms with Gasteiger partial charge >= 0.3 is 6.18 Å². The number of hydrogen-bond donors (Lipinski definition) is 0. The molecule has 3 heterocycles. The summed E-state index contributed by atoms with van der Waals surface area (Å²) in [5.41, 5.74) is -0.873. The van der Waals surface area contributed by atoms with Crippen LogP contribution in [-0.4, -0.2) is 50.2 Å². The van der Waals surface area contributed by atoms with E-state index in [1.165, 1.54) is 0 Å². The lowest BCUT2D eigenvalue weighted by Crippen LogP contribution is -2.46. The number of aromatic nitrogens is 4. The van der Waals surface area contributed by atoms with Crippen molar-refractivity contribution >= 4 is 17.2 Å². The molecule has 27 heavy (non-hydrogen) atoms. The topological polar surface area (TPSA) is 58.0 Å². The third-order valence-corrected chi connectivity index (χ3v) is 5.85. The van der Waals surface area contributed by atoms with Gasteiger partial charge in [-0.1, -0.05) is 0 Å². The molecule has 1 saturated carbocycles. The fourth-order valence-electron chi connectivity index (χ4n) is 3.62. The van der Waals surface area contributed by atoms with Gasteiger partial charge in [0.25, 0.3) is 0 Å². The molecule has 2 aromatic rings. The van der Waals surface area contributed by atoms with Gasteiger partial charge in [0.15, 0.2) is 0 Å². The van der Waals surface area contributed by atoms with Gasteiger partial charge in [-0.3, -0.25) is 4.90 Å². The van der Waals surface area contributed by atoms with E-state index >= 15 is 0 Å². The van der Waals surface area contributed by atoms with E-state index in [-0.39, 0.29) is 6.04 Å². The van der Waals surface area contributed by atoms with Crippen LogP contribution in [0.2, 0.25) is 0 Å². The zero-order valence-corrected chi connectivity index (χ0v) is 15.8. The van der Waals surface area contributed by atoms with Gasteiger partial charge < -0.3 is 4.90 Å². The highest BCUT2D eigenvalue weighted by molar-refractivity contribution is 7.11. The van der Waals surface area contributed by atoms with Crippen LogP contribution < -0.4 is 4.90 Å². The van der Waals surface area contributed by atoms with Gasteiger partial charge in [-0.05, 0) is 32.6 Å². The molecule has 1 aliphatic heterocycles. The number of halogens is 3. The van der Waals surface area contributed by atoms with E-state index in [4.69, 9.17) is 0 Å². The Morgan fingerprint density at radius 2 is 1.81 bits per heavy atom. The van der Waals surface area contributed by atoms with Crippen LogP contribution in [-0.2, 0) is 12.7 Å². The van der Waals surface area contributed by atoms with Crippen molar-refractivity contribution < 1.29 is 13.2 Å². The second-order valence-corrected chi connectivity index (χ2v) is 8.39. The molecule has 0 unspecified atom stereocenters. The van der Waals surface area contributed by atoms with Crippen molar-refractivity contribution in [3.63, 3.8) is 0 Å². The summed E-state index contributed by atoms with van der Waals surface area (Å²) in [4.78, 5) is 12.0. The first-order valence-electron chi connectivity index (χ1n) is 9.09. The Morgan fingerprint density at radius 1 is 1.11 bits per heavy atom. The van der Waals surface area contributed by atoms with Crippen molar-refractivity contribution in [2.45, 2.75) is 57.4 Å². The molecular formula is C17H21F3N6S. The molecule has 2 aliphatic rings.